The van der Waals surface area contributed by atoms with Crippen molar-refractivity contribution < 1.29 is 15.0 Å². The van der Waals surface area contributed by atoms with Crippen molar-refractivity contribution in [2.45, 2.75) is 32.2 Å². The van der Waals surface area contributed by atoms with Gasteiger partial charge in [0.25, 0.3) is 0 Å². The molecule has 19 heavy (non-hydrogen) atoms. The van der Waals surface area contributed by atoms with Crippen LogP contribution in [0.2, 0.25) is 0 Å². The topological polar surface area (TPSA) is 69.6 Å². The summed E-state index contributed by atoms with van der Waals surface area (Å²) < 4.78 is 0. The molecule has 0 saturated carbocycles. The van der Waals surface area contributed by atoms with Gasteiger partial charge in [0.2, 0.25) is 5.91 Å². The van der Waals surface area contributed by atoms with E-state index in [0.717, 1.165) is 12.0 Å². The maximum absolute atomic E-state index is 12.3. The van der Waals surface area contributed by atoms with E-state index in [4.69, 9.17) is 10.2 Å². The van der Waals surface area contributed by atoms with Gasteiger partial charge >= 0.3 is 0 Å². The Morgan fingerprint density at radius 2 is 1.79 bits per heavy atom. The molecule has 1 amide bonds. The van der Waals surface area contributed by atoms with E-state index < -0.39 is 6.04 Å². The highest BCUT2D eigenvalue weighted by Crippen LogP contribution is 2.27. The second-order valence-corrected chi connectivity index (χ2v) is 4.84. The number of hydrogen-bond acceptors (Lipinski definition) is 3. The van der Waals surface area contributed by atoms with Crippen LogP contribution < -0.4 is 5.32 Å². The standard InChI is InChI=1S/C15H23NO3/c1-3-11(2)14(12-7-5-4-6-8-12)15(19)16-13(9-17)10-18/h4-8,11,13-14,17-18H,3,9-10H2,1-2H3,(H,16,19). The van der Waals surface area contributed by atoms with Crippen molar-refractivity contribution in [1.82, 2.24) is 5.32 Å². The molecule has 0 bridgehead atoms. The summed E-state index contributed by atoms with van der Waals surface area (Å²) in [5, 5.41) is 20.8. The highest BCUT2D eigenvalue weighted by Gasteiger charge is 2.27. The normalized spacial score (nSPS) is 14.2. The van der Waals surface area contributed by atoms with E-state index in [1.807, 2.05) is 44.2 Å². The predicted molar refractivity (Wildman–Crippen MR) is 74.7 cm³/mol. The van der Waals surface area contributed by atoms with Gasteiger partial charge in [0, 0.05) is 0 Å². The van der Waals surface area contributed by atoms with Crippen molar-refractivity contribution in [2.24, 2.45) is 5.92 Å². The van der Waals surface area contributed by atoms with E-state index >= 15 is 0 Å². The summed E-state index contributed by atoms with van der Waals surface area (Å²) in [6, 6.07) is 9.01. The summed E-state index contributed by atoms with van der Waals surface area (Å²) in [4.78, 5) is 12.3. The summed E-state index contributed by atoms with van der Waals surface area (Å²) in [6.07, 6.45) is 0.885. The maximum Gasteiger partial charge on any atom is 0.228 e. The fourth-order valence-corrected chi connectivity index (χ4v) is 2.07. The summed E-state index contributed by atoms with van der Waals surface area (Å²) >= 11 is 0. The molecular formula is C15H23NO3. The summed E-state index contributed by atoms with van der Waals surface area (Å²) in [5.74, 6) is -0.208. The molecule has 4 heteroatoms. The van der Waals surface area contributed by atoms with Gasteiger partial charge in [-0.1, -0.05) is 50.6 Å². The SMILES string of the molecule is CCC(C)C(C(=O)NC(CO)CO)c1ccccc1. The molecule has 106 valence electrons. The first-order valence-electron chi connectivity index (χ1n) is 6.71. The Balaban J connectivity index is 2.89. The van der Waals surface area contributed by atoms with Crippen molar-refractivity contribution in [3.63, 3.8) is 0 Å². The maximum atomic E-state index is 12.3. The van der Waals surface area contributed by atoms with Gasteiger partial charge in [-0.05, 0) is 11.5 Å². The lowest BCUT2D eigenvalue weighted by Gasteiger charge is -2.25. The molecule has 1 rings (SSSR count). The van der Waals surface area contributed by atoms with E-state index in [1.54, 1.807) is 0 Å². The van der Waals surface area contributed by atoms with Gasteiger partial charge in [-0.25, -0.2) is 0 Å². The van der Waals surface area contributed by atoms with Gasteiger partial charge in [-0.3, -0.25) is 4.79 Å². The molecule has 0 saturated heterocycles. The number of nitrogens with one attached hydrogen (secondary N) is 1. The minimum absolute atomic E-state index is 0.145. The van der Waals surface area contributed by atoms with E-state index in [0.29, 0.717) is 0 Å². The summed E-state index contributed by atoms with van der Waals surface area (Å²) in [5.41, 5.74) is 0.962. The number of aliphatic hydroxyl groups excluding tert-OH is 2. The second-order valence-electron chi connectivity index (χ2n) is 4.84. The van der Waals surface area contributed by atoms with Crippen LogP contribution in [0.1, 0.15) is 31.7 Å². The van der Waals surface area contributed by atoms with Crippen molar-refractivity contribution in [3.05, 3.63) is 35.9 Å². The van der Waals surface area contributed by atoms with Crippen LogP contribution in [0, 0.1) is 5.92 Å². The molecular weight excluding hydrogens is 242 g/mol. The van der Waals surface area contributed by atoms with Crippen LogP contribution in [0.25, 0.3) is 0 Å². The summed E-state index contributed by atoms with van der Waals surface area (Å²) in [7, 11) is 0. The van der Waals surface area contributed by atoms with Crippen molar-refractivity contribution in [3.8, 4) is 0 Å². The van der Waals surface area contributed by atoms with Crippen LogP contribution in [0.4, 0.5) is 0 Å². The van der Waals surface area contributed by atoms with Crippen LogP contribution in [-0.2, 0) is 4.79 Å². The smallest absolute Gasteiger partial charge is 0.228 e. The average molecular weight is 265 g/mol. The van der Waals surface area contributed by atoms with Crippen LogP contribution in [-0.4, -0.2) is 35.4 Å². The largest absolute Gasteiger partial charge is 0.394 e. The third kappa shape index (κ3) is 4.33. The van der Waals surface area contributed by atoms with Gasteiger partial charge in [0.15, 0.2) is 0 Å². The molecule has 3 N–H and O–H groups in total. The molecule has 0 spiro atoms. The lowest BCUT2D eigenvalue weighted by molar-refractivity contribution is -0.125. The van der Waals surface area contributed by atoms with Crippen molar-refractivity contribution in [2.75, 3.05) is 13.2 Å². The lowest BCUT2D eigenvalue weighted by atomic mass is 9.84. The van der Waals surface area contributed by atoms with Gasteiger partial charge in [0.05, 0.1) is 25.2 Å². The van der Waals surface area contributed by atoms with Gasteiger partial charge in [0.1, 0.15) is 0 Å². The molecule has 1 aromatic carbocycles. The Bertz CT molecular complexity index is 376. The molecule has 0 aromatic heterocycles. The number of benzene rings is 1. The zero-order chi connectivity index (χ0) is 14.3. The van der Waals surface area contributed by atoms with Crippen molar-refractivity contribution in [1.29, 1.82) is 0 Å². The zero-order valence-electron chi connectivity index (χ0n) is 11.5. The third-order valence-electron chi connectivity index (χ3n) is 3.44. The van der Waals surface area contributed by atoms with Crippen LogP contribution in [0.5, 0.6) is 0 Å². The second kappa shape index (κ2) is 7.92. The van der Waals surface area contributed by atoms with Crippen LogP contribution in [0.15, 0.2) is 30.3 Å². The highest BCUT2D eigenvalue weighted by atomic mass is 16.3. The monoisotopic (exact) mass is 265 g/mol. The minimum atomic E-state index is -0.595. The van der Waals surface area contributed by atoms with Gasteiger partial charge in [-0.15, -0.1) is 0 Å². The number of carbonyl (C=O) groups is 1. The van der Waals surface area contributed by atoms with Crippen LogP contribution in [0.3, 0.4) is 0 Å². The third-order valence-corrected chi connectivity index (χ3v) is 3.44. The van der Waals surface area contributed by atoms with E-state index in [9.17, 15) is 4.79 Å². The van der Waals surface area contributed by atoms with E-state index in [2.05, 4.69) is 5.32 Å². The molecule has 2 atom stereocenters. The number of hydrogen-bond donors (Lipinski definition) is 3. The molecule has 0 radical (unpaired) electrons. The fraction of sp³-hybridized carbons (Fsp3) is 0.533. The molecule has 0 aliphatic rings. The molecule has 2 unspecified atom stereocenters. The number of aliphatic hydroxyl groups is 2. The Hall–Kier alpha value is -1.39. The molecule has 0 aliphatic heterocycles. The quantitative estimate of drug-likeness (QED) is 0.695. The Labute approximate surface area is 114 Å². The first-order chi connectivity index (χ1) is 9.13. The van der Waals surface area contributed by atoms with E-state index in [1.165, 1.54) is 0 Å². The molecule has 0 heterocycles. The molecule has 0 fully saturated rings. The summed E-state index contributed by atoms with van der Waals surface area (Å²) in [6.45, 7) is 3.56. The molecule has 0 aliphatic carbocycles. The fourth-order valence-electron chi connectivity index (χ4n) is 2.07. The Kier molecular flexibility index (Phi) is 6.53. The average Bonchev–Trinajstić information content (AvgIpc) is 2.45. The first kappa shape index (κ1) is 15.7. The van der Waals surface area contributed by atoms with Gasteiger partial charge < -0.3 is 15.5 Å². The zero-order valence-corrected chi connectivity index (χ0v) is 11.5. The highest BCUT2D eigenvalue weighted by molar-refractivity contribution is 5.84. The minimum Gasteiger partial charge on any atom is -0.394 e. The molecule has 1 aromatic rings. The van der Waals surface area contributed by atoms with Crippen molar-refractivity contribution >= 4 is 5.91 Å². The van der Waals surface area contributed by atoms with E-state index in [-0.39, 0.29) is 31.0 Å². The predicted octanol–water partition coefficient (Wildman–Crippen LogP) is 1.29. The number of rotatable bonds is 7. The lowest BCUT2D eigenvalue weighted by Crippen LogP contribution is -2.43. The number of amides is 1. The molecule has 4 nitrogen and oxygen atoms in total. The first-order valence-corrected chi connectivity index (χ1v) is 6.71. The van der Waals surface area contributed by atoms with Crippen LogP contribution >= 0.6 is 0 Å². The van der Waals surface area contributed by atoms with Gasteiger partial charge in [-0.2, -0.15) is 0 Å². The Morgan fingerprint density at radius 1 is 1.21 bits per heavy atom. The number of carbonyl (C=O) groups excluding carboxylic acids is 1. The Morgan fingerprint density at radius 3 is 2.26 bits per heavy atom.